The largest absolute Gasteiger partial charge is 0.647 e. The number of phosphoric acid groups is 1. The maximum atomic E-state index is 14.1. The lowest BCUT2D eigenvalue weighted by Gasteiger charge is -2.20. The molecule has 0 fully saturated rings. The Hall–Kier alpha value is -3.75. The molecule has 33 heavy (non-hydrogen) atoms. The Morgan fingerprint density at radius 3 is 1.61 bits per heavy atom. The summed E-state index contributed by atoms with van der Waals surface area (Å²) in [6, 6.07) is 29.6. The van der Waals surface area contributed by atoms with Crippen LogP contribution in [-0.4, -0.2) is 0 Å². The van der Waals surface area contributed by atoms with E-state index < -0.39 is 7.82 Å². The van der Waals surface area contributed by atoms with Gasteiger partial charge < -0.3 is 13.6 Å². The van der Waals surface area contributed by atoms with Gasteiger partial charge >= 0.3 is 7.82 Å². The molecular weight excluding hydrogens is 431 g/mol. The molecule has 0 saturated heterocycles. The molecule has 5 aromatic carbocycles. The van der Waals surface area contributed by atoms with Crippen molar-refractivity contribution < 1.29 is 18.1 Å². The quantitative estimate of drug-likeness (QED) is 0.253. The molecule has 0 unspecified atom stereocenters. The molecule has 1 heterocycles. The fourth-order valence-electron chi connectivity index (χ4n) is 4.52. The number of rotatable bonds is 2. The summed E-state index contributed by atoms with van der Waals surface area (Å²) >= 11 is 0. The molecule has 0 spiro atoms. The normalized spacial score (nSPS) is 14.0. The minimum Gasteiger partial charge on any atom is -0.385 e. The molecule has 162 valence electrons. The maximum Gasteiger partial charge on any atom is 0.647 e. The van der Waals surface area contributed by atoms with Crippen LogP contribution >= 0.6 is 7.82 Å². The second kappa shape index (κ2) is 7.40. The Balaban J connectivity index is 1.65. The number of para-hydroxylation sites is 1. The summed E-state index contributed by atoms with van der Waals surface area (Å²) in [7, 11) is -4.05. The van der Waals surface area contributed by atoms with Crippen LogP contribution in [0, 0.1) is 13.8 Å². The van der Waals surface area contributed by atoms with Crippen LogP contribution in [0.5, 0.6) is 17.2 Å². The van der Waals surface area contributed by atoms with Crippen molar-refractivity contribution in [3.05, 3.63) is 102 Å². The topological polar surface area (TPSA) is 44.8 Å². The predicted molar refractivity (Wildman–Crippen MR) is 132 cm³/mol. The van der Waals surface area contributed by atoms with Crippen molar-refractivity contribution in [3.8, 4) is 28.4 Å². The first-order valence-corrected chi connectivity index (χ1v) is 12.3. The van der Waals surface area contributed by atoms with Crippen LogP contribution in [0.3, 0.4) is 0 Å². The number of aryl methyl sites for hydroxylation is 2. The lowest BCUT2D eigenvalue weighted by atomic mass is 9.92. The molecule has 0 N–H and O–H groups in total. The standard InChI is InChI=1S/C28H21O4P/c1-18-8-7-9-19(2)28(18)32-33(29)30-24-16-14-20-10-3-5-12-22(20)26(24)27-23-13-6-4-11-21(23)15-17-25(27)31-33/h3-17H,1-2H3. The van der Waals surface area contributed by atoms with Crippen LogP contribution in [0.1, 0.15) is 11.1 Å². The molecule has 0 aliphatic carbocycles. The molecule has 5 heteroatoms. The van der Waals surface area contributed by atoms with Crippen molar-refractivity contribution in [2.45, 2.75) is 13.8 Å². The number of phosphoric ester groups is 1. The molecule has 0 aromatic heterocycles. The molecule has 1 aliphatic rings. The molecule has 5 aromatic rings. The van der Waals surface area contributed by atoms with E-state index in [0.717, 1.165) is 43.8 Å². The summed E-state index contributed by atoms with van der Waals surface area (Å²) in [5.74, 6) is 1.45. The van der Waals surface area contributed by atoms with Gasteiger partial charge in [0.15, 0.2) is 0 Å². The first-order chi connectivity index (χ1) is 16.0. The van der Waals surface area contributed by atoms with Gasteiger partial charge in [-0.3, -0.25) is 0 Å². The monoisotopic (exact) mass is 452 g/mol. The van der Waals surface area contributed by atoms with Gasteiger partial charge in [0, 0.05) is 11.1 Å². The Morgan fingerprint density at radius 2 is 1.09 bits per heavy atom. The van der Waals surface area contributed by atoms with Gasteiger partial charge in [-0.1, -0.05) is 78.9 Å². The zero-order valence-corrected chi connectivity index (χ0v) is 19.1. The van der Waals surface area contributed by atoms with E-state index in [2.05, 4.69) is 12.1 Å². The molecule has 0 atom stereocenters. The highest BCUT2D eigenvalue weighted by Gasteiger charge is 2.39. The zero-order valence-electron chi connectivity index (χ0n) is 18.2. The molecule has 0 bridgehead atoms. The first-order valence-electron chi connectivity index (χ1n) is 10.8. The van der Waals surface area contributed by atoms with E-state index in [1.807, 2.05) is 92.7 Å². The van der Waals surface area contributed by atoms with Crippen molar-refractivity contribution in [2.75, 3.05) is 0 Å². The minimum absolute atomic E-state index is 0.471. The lowest BCUT2D eigenvalue weighted by Crippen LogP contribution is -2.07. The van der Waals surface area contributed by atoms with Crippen LogP contribution < -0.4 is 13.6 Å². The Bertz CT molecular complexity index is 1490. The average molecular weight is 452 g/mol. The first kappa shape index (κ1) is 19.9. The van der Waals surface area contributed by atoms with Crippen LogP contribution in [-0.2, 0) is 4.57 Å². The van der Waals surface area contributed by atoms with Crippen LogP contribution in [0.25, 0.3) is 32.7 Å². The minimum atomic E-state index is -4.05. The average Bonchev–Trinajstić information content (AvgIpc) is 2.95. The lowest BCUT2D eigenvalue weighted by molar-refractivity contribution is 0.301. The second-order valence-corrected chi connectivity index (χ2v) is 9.70. The molecule has 0 amide bonds. The summed E-state index contributed by atoms with van der Waals surface area (Å²) in [6.07, 6.45) is 0. The van der Waals surface area contributed by atoms with Crippen LogP contribution in [0.15, 0.2) is 91.0 Å². The third-order valence-electron chi connectivity index (χ3n) is 6.06. The maximum absolute atomic E-state index is 14.1. The van der Waals surface area contributed by atoms with E-state index in [4.69, 9.17) is 13.6 Å². The van der Waals surface area contributed by atoms with Crippen LogP contribution in [0.4, 0.5) is 0 Å². The van der Waals surface area contributed by atoms with E-state index in [9.17, 15) is 4.57 Å². The van der Waals surface area contributed by atoms with Crippen molar-refractivity contribution in [1.82, 2.24) is 0 Å². The van der Waals surface area contributed by atoms with E-state index in [1.54, 1.807) is 0 Å². The van der Waals surface area contributed by atoms with E-state index in [-0.39, 0.29) is 0 Å². The van der Waals surface area contributed by atoms with Gasteiger partial charge in [-0.15, -0.1) is 0 Å². The van der Waals surface area contributed by atoms with Gasteiger partial charge in [0.05, 0.1) is 0 Å². The van der Waals surface area contributed by atoms with Gasteiger partial charge in [-0.25, -0.2) is 0 Å². The highest BCUT2D eigenvalue weighted by molar-refractivity contribution is 7.49. The van der Waals surface area contributed by atoms with Crippen molar-refractivity contribution in [2.24, 2.45) is 0 Å². The van der Waals surface area contributed by atoms with Crippen molar-refractivity contribution in [3.63, 3.8) is 0 Å². The predicted octanol–water partition coefficient (Wildman–Crippen LogP) is 8.24. The van der Waals surface area contributed by atoms with Gasteiger partial charge in [0.2, 0.25) is 0 Å². The smallest absolute Gasteiger partial charge is 0.385 e. The van der Waals surface area contributed by atoms with E-state index in [0.29, 0.717) is 17.2 Å². The summed E-state index contributed by atoms with van der Waals surface area (Å²) in [4.78, 5) is 0. The number of hydrogen-bond donors (Lipinski definition) is 0. The van der Waals surface area contributed by atoms with Crippen molar-refractivity contribution in [1.29, 1.82) is 0 Å². The SMILES string of the molecule is Cc1cccc(C)c1OP1(=O)Oc2ccc3ccccc3c2-c2c(ccc3ccccc23)O1. The Morgan fingerprint density at radius 1 is 0.606 bits per heavy atom. The zero-order chi connectivity index (χ0) is 22.6. The molecule has 6 rings (SSSR count). The van der Waals surface area contributed by atoms with Crippen LogP contribution in [0.2, 0.25) is 0 Å². The number of hydrogen-bond acceptors (Lipinski definition) is 4. The molecule has 4 nitrogen and oxygen atoms in total. The summed E-state index contributed by atoms with van der Waals surface area (Å²) in [5, 5.41) is 4.12. The third kappa shape index (κ3) is 3.26. The van der Waals surface area contributed by atoms with E-state index in [1.165, 1.54) is 0 Å². The second-order valence-electron chi connectivity index (χ2n) is 8.26. The fourth-order valence-corrected chi connectivity index (χ4v) is 5.93. The molecular formula is C28H21O4P. The Labute approximate surface area is 192 Å². The van der Waals surface area contributed by atoms with Gasteiger partial charge in [0.25, 0.3) is 0 Å². The number of benzene rings is 5. The summed E-state index contributed by atoms with van der Waals surface area (Å²) in [5.41, 5.74) is 3.42. The molecule has 0 saturated carbocycles. The number of fused-ring (bicyclic) bond motifs is 7. The summed E-state index contributed by atoms with van der Waals surface area (Å²) in [6.45, 7) is 3.82. The fraction of sp³-hybridized carbons (Fsp3) is 0.0714. The van der Waals surface area contributed by atoms with E-state index >= 15 is 0 Å². The van der Waals surface area contributed by atoms with Gasteiger partial charge in [-0.05, 0) is 58.7 Å². The Kier molecular flexibility index (Phi) is 4.46. The van der Waals surface area contributed by atoms with Gasteiger partial charge in [0.1, 0.15) is 17.2 Å². The van der Waals surface area contributed by atoms with Gasteiger partial charge in [-0.2, -0.15) is 4.57 Å². The molecule has 1 aliphatic heterocycles. The highest BCUT2D eigenvalue weighted by atomic mass is 31.2. The third-order valence-corrected chi connectivity index (χ3v) is 7.31. The van der Waals surface area contributed by atoms with Crippen molar-refractivity contribution >= 4 is 29.4 Å². The molecule has 0 radical (unpaired) electrons. The highest BCUT2D eigenvalue weighted by Crippen LogP contribution is 2.59. The summed E-state index contributed by atoms with van der Waals surface area (Å²) < 4.78 is 32.3.